The van der Waals surface area contributed by atoms with Crippen molar-refractivity contribution in [2.75, 3.05) is 39.6 Å². The van der Waals surface area contributed by atoms with E-state index < -0.39 is 46.1 Å². The number of aliphatic hydroxyl groups is 1. The predicted octanol–water partition coefficient (Wildman–Crippen LogP) is 4.61. The molecule has 0 aromatic heterocycles. The molecule has 2 saturated heterocycles. The number of rotatable bonds is 19. The van der Waals surface area contributed by atoms with Gasteiger partial charge in [0.1, 0.15) is 6.10 Å². The van der Waals surface area contributed by atoms with Crippen molar-refractivity contribution in [3.05, 3.63) is 54.1 Å². The lowest BCUT2D eigenvalue weighted by Gasteiger charge is -2.35. The molecule has 3 aliphatic rings. The van der Waals surface area contributed by atoms with Crippen LogP contribution < -0.4 is 20.1 Å². The van der Waals surface area contributed by atoms with Gasteiger partial charge in [-0.1, -0.05) is 70.9 Å². The Kier molecular flexibility index (Phi) is 13.8. The molecule has 2 amide bonds. The zero-order chi connectivity index (χ0) is 37.3. The van der Waals surface area contributed by atoms with Crippen LogP contribution in [0, 0.1) is 17.3 Å². The monoisotopic (exact) mass is 745 g/mol. The van der Waals surface area contributed by atoms with Crippen molar-refractivity contribution in [1.82, 2.24) is 14.9 Å². The summed E-state index contributed by atoms with van der Waals surface area (Å²) in [6.07, 6.45) is 1.80. The summed E-state index contributed by atoms with van der Waals surface area (Å²) < 4.78 is 57.9. The molecule has 0 bridgehead atoms. The Hall–Kier alpha value is -3.43. The first-order valence-electron chi connectivity index (χ1n) is 18.4. The molecule has 13 nitrogen and oxygen atoms in total. The fourth-order valence-corrected chi connectivity index (χ4v) is 8.59. The summed E-state index contributed by atoms with van der Waals surface area (Å²) in [6.45, 7) is 9.21. The van der Waals surface area contributed by atoms with Gasteiger partial charge in [-0.25, -0.2) is 13.2 Å². The Balaban J connectivity index is 1.29. The van der Waals surface area contributed by atoms with Crippen LogP contribution in [0.3, 0.4) is 0 Å². The Morgan fingerprint density at radius 2 is 1.81 bits per heavy atom. The number of carbonyl (C=O) groups is 2. The maximum Gasteiger partial charge on any atom is 0.407 e. The molecule has 0 aliphatic carbocycles. The maximum atomic E-state index is 14.4. The van der Waals surface area contributed by atoms with Crippen molar-refractivity contribution in [1.29, 1.82) is 0 Å². The van der Waals surface area contributed by atoms with E-state index in [9.17, 15) is 23.1 Å². The van der Waals surface area contributed by atoms with Crippen molar-refractivity contribution in [3.8, 4) is 11.5 Å². The zero-order valence-corrected chi connectivity index (χ0v) is 31.6. The number of sulfonamides is 1. The molecule has 0 spiro atoms. The Morgan fingerprint density at radius 3 is 2.58 bits per heavy atom. The van der Waals surface area contributed by atoms with Crippen molar-refractivity contribution in [2.45, 2.75) is 102 Å². The van der Waals surface area contributed by atoms with Crippen LogP contribution in [-0.4, -0.2) is 94.0 Å². The summed E-state index contributed by atoms with van der Waals surface area (Å²) in [5, 5.41) is 17.6. The first kappa shape index (κ1) is 39.8. The molecule has 2 aromatic rings. The molecule has 2 aromatic carbocycles. The molecule has 0 unspecified atom stereocenters. The highest BCUT2D eigenvalue weighted by atomic mass is 32.2. The van der Waals surface area contributed by atoms with E-state index in [1.165, 1.54) is 16.4 Å². The number of benzene rings is 2. The normalized spacial score (nSPS) is 20.9. The molecule has 288 valence electrons. The maximum absolute atomic E-state index is 14.4. The molecule has 0 radical (unpaired) electrons. The summed E-state index contributed by atoms with van der Waals surface area (Å²) in [7, 11) is -4.16. The second kappa shape index (κ2) is 18.1. The molecule has 3 aliphatic heterocycles. The van der Waals surface area contributed by atoms with Crippen molar-refractivity contribution in [3.63, 3.8) is 0 Å². The number of amides is 2. The van der Waals surface area contributed by atoms with Crippen molar-refractivity contribution < 1.29 is 46.8 Å². The molecule has 5 rings (SSSR count). The van der Waals surface area contributed by atoms with Gasteiger partial charge in [-0.05, 0) is 54.7 Å². The summed E-state index contributed by atoms with van der Waals surface area (Å²) in [4.78, 5) is 25.3. The average molecular weight is 746 g/mol. The number of fused-ring (bicyclic) bond motifs is 2. The van der Waals surface area contributed by atoms with E-state index in [2.05, 4.69) is 10.6 Å². The van der Waals surface area contributed by atoms with Crippen LogP contribution in [0.4, 0.5) is 4.79 Å². The van der Waals surface area contributed by atoms with E-state index in [0.29, 0.717) is 43.4 Å². The first-order chi connectivity index (χ1) is 24.8. The molecular formula is C38H55N3O10S. The number of carbonyl (C=O) groups excluding carboxylic acids is 2. The SMILES string of the molecule is CC(C)CC(=O)NCCCCCC(C)(C)CN(C[C@@H](O)[C@H](Cc1ccccc1)NC(=O)O[C@H]1CO[C@H]2OCC[C@H]21)S(=O)(=O)c1ccc2c(c1)OCO2. The number of nitrogens with one attached hydrogen (secondary N) is 2. The third-order valence-corrected chi connectivity index (χ3v) is 11.5. The van der Waals surface area contributed by atoms with Gasteiger partial charge in [0.05, 0.1) is 36.2 Å². The minimum absolute atomic E-state index is 0.0000443. The number of ether oxygens (including phenoxy) is 5. The van der Waals surface area contributed by atoms with Gasteiger partial charge < -0.3 is 39.4 Å². The third kappa shape index (κ3) is 11.0. The Morgan fingerprint density at radius 1 is 1.04 bits per heavy atom. The van der Waals surface area contributed by atoms with Gasteiger partial charge in [-0.3, -0.25) is 4.79 Å². The Labute approximate surface area is 307 Å². The number of hydrogen-bond acceptors (Lipinski definition) is 10. The predicted molar refractivity (Wildman–Crippen MR) is 193 cm³/mol. The zero-order valence-electron chi connectivity index (χ0n) is 30.8. The lowest BCUT2D eigenvalue weighted by atomic mass is 9.86. The van der Waals surface area contributed by atoms with Crippen LogP contribution in [0.5, 0.6) is 11.5 Å². The highest BCUT2D eigenvalue weighted by Gasteiger charge is 2.44. The van der Waals surface area contributed by atoms with Crippen LogP contribution >= 0.6 is 0 Å². The van der Waals surface area contributed by atoms with E-state index in [1.54, 1.807) is 6.07 Å². The van der Waals surface area contributed by atoms with E-state index in [0.717, 1.165) is 31.2 Å². The molecule has 5 atom stereocenters. The smallest absolute Gasteiger partial charge is 0.407 e. The Bertz CT molecular complexity index is 1590. The molecule has 0 saturated carbocycles. The average Bonchev–Trinajstić information content (AvgIpc) is 3.84. The fraction of sp³-hybridized carbons (Fsp3) is 0.632. The van der Waals surface area contributed by atoms with Gasteiger partial charge in [0.15, 0.2) is 17.8 Å². The number of hydrogen-bond donors (Lipinski definition) is 3. The molecule has 14 heteroatoms. The number of unbranched alkanes of at least 4 members (excludes halogenated alkanes) is 2. The molecular weight excluding hydrogens is 690 g/mol. The second-order valence-corrected chi connectivity index (χ2v) is 17.2. The van der Waals surface area contributed by atoms with E-state index in [1.807, 2.05) is 58.0 Å². The largest absolute Gasteiger partial charge is 0.454 e. The molecule has 52 heavy (non-hydrogen) atoms. The van der Waals surface area contributed by atoms with Crippen LogP contribution in [0.2, 0.25) is 0 Å². The fourth-order valence-electron chi connectivity index (χ4n) is 6.92. The van der Waals surface area contributed by atoms with Crippen LogP contribution in [0.25, 0.3) is 0 Å². The van der Waals surface area contributed by atoms with Crippen LogP contribution in [0.1, 0.15) is 71.8 Å². The lowest BCUT2D eigenvalue weighted by Crippen LogP contribution is -2.52. The van der Waals surface area contributed by atoms with Gasteiger partial charge in [0.2, 0.25) is 22.7 Å². The molecule has 3 N–H and O–H groups in total. The second-order valence-electron chi connectivity index (χ2n) is 15.2. The van der Waals surface area contributed by atoms with E-state index in [-0.39, 0.29) is 49.6 Å². The highest BCUT2D eigenvalue weighted by Crippen LogP contribution is 2.36. The third-order valence-electron chi connectivity index (χ3n) is 9.73. The standard InChI is InChI=1S/C38H55N3O10S/c1-26(2)19-35(43)39-17-10-6-9-16-38(3,4)24-41(52(45,46)28-13-14-32-33(21-28)50-25-49-32)22-31(42)30(20-27-11-7-5-8-12-27)40-37(44)51-34-23-48-36-29(34)15-18-47-36/h5,7-8,11-14,21,26,29-31,34,36,42H,6,9-10,15-20,22-25H2,1-4H3,(H,39,43)(H,40,44)/t29-,30-,31+,34-,36+/m0/s1. The van der Waals surface area contributed by atoms with Crippen LogP contribution in [0.15, 0.2) is 53.4 Å². The van der Waals surface area contributed by atoms with Gasteiger partial charge in [0.25, 0.3) is 0 Å². The minimum atomic E-state index is -4.16. The minimum Gasteiger partial charge on any atom is -0.454 e. The highest BCUT2D eigenvalue weighted by molar-refractivity contribution is 7.89. The number of aliphatic hydroxyl groups excluding tert-OH is 1. The van der Waals surface area contributed by atoms with Crippen molar-refractivity contribution >= 4 is 22.0 Å². The summed E-state index contributed by atoms with van der Waals surface area (Å²) in [5.41, 5.74) is 0.374. The number of alkyl carbamates (subject to hydrolysis) is 1. The van der Waals surface area contributed by atoms with Gasteiger partial charge in [-0.2, -0.15) is 4.31 Å². The number of nitrogens with zero attached hydrogens (tertiary/aromatic N) is 1. The van der Waals surface area contributed by atoms with Gasteiger partial charge in [0, 0.05) is 32.1 Å². The quantitative estimate of drug-likeness (QED) is 0.173. The van der Waals surface area contributed by atoms with Gasteiger partial charge in [-0.15, -0.1) is 0 Å². The van der Waals surface area contributed by atoms with Crippen molar-refractivity contribution in [2.24, 2.45) is 17.3 Å². The topological polar surface area (TPSA) is 162 Å². The lowest BCUT2D eigenvalue weighted by molar-refractivity contribution is -0.121. The summed E-state index contributed by atoms with van der Waals surface area (Å²) in [6, 6.07) is 13.0. The summed E-state index contributed by atoms with van der Waals surface area (Å²) >= 11 is 0. The summed E-state index contributed by atoms with van der Waals surface area (Å²) in [5.74, 6) is 1.09. The van der Waals surface area contributed by atoms with Crippen LogP contribution in [-0.2, 0) is 35.4 Å². The molecule has 2 fully saturated rings. The van der Waals surface area contributed by atoms with E-state index >= 15 is 0 Å². The van der Waals surface area contributed by atoms with Gasteiger partial charge >= 0.3 is 6.09 Å². The first-order valence-corrected chi connectivity index (χ1v) is 19.8. The molecule has 3 heterocycles. The van der Waals surface area contributed by atoms with E-state index in [4.69, 9.17) is 23.7 Å².